The summed E-state index contributed by atoms with van der Waals surface area (Å²) in [5, 5.41) is 12.2. The van der Waals surface area contributed by atoms with Gasteiger partial charge < -0.3 is 19.7 Å². The van der Waals surface area contributed by atoms with Crippen molar-refractivity contribution >= 4 is 24.5 Å². The summed E-state index contributed by atoms with van der Waals surface area (Å²) in [6, 6.07) is 6.62. The third-order valence-corrected chi connectivity index (χ3v) is 6.53. The Labute approximate surface area is 173 Å². The second-order valence-electron chi connectivity index (χ2n) is 9.35. The van der Waals surface area contributed by atoms with Crippen LogP contribution in [0.15, 0.2) is 24.3 Å². The molecule has 1 saturated carbocycles. The number of rotatable bonds is 7. The van der Waals surface area contributed by atoms with Crippen LogP contribution in [0.3, 0.4) is 0 Å². The van der Waals surface area contributed by atoms with Gasteiger partial charge in [-0.15, -0.1) is 0 Å². The van der Waals surface area contributed by atoms with Gasteiger partial charge in [-0.2, -0.15) is 0 Å². The van der Waals surface area contributed by atoms with Crippen LogP contribution in [0.4, 0.5) is 0 Å². The summed E-state index contributed by atoms with van der Waals surface area (Å²) in [7, 11) is -0.449. The fourth-order valence-corrected chi connectivity index (χ4v) is 3.96. The normalized spacial score (nSPS) is 21.9. The Hall–Kier alpha value is -1.86. The van der Waals surface area contributed by atoms with E-state index in [2.05, 4.69) is 5.32 Å². The molecule has 0 spiro atoms. The molecular weight excluding hydrogens is 369 g/mol. The first-order chi connectivity index (χ1) is 13.6. The molecule has 7 heteroatoms. The number of carbonyl (C=O) groups is 2. The largest absolute Gasteiger partial charge is 0.494 e. The van der Waals surface area contributed by atoms with E-state index in [4.69, 9.17) is 9.31 Å². The van der Waals surface area contributed by atoms with E-state index in [-0.39, 0.29) is 12.3 Å². The molecule has 1 aromatic carbocycles. The van der Waals surface area contributed by atoms with Gasteiger partial charge in [0.2, 0.25) is 5.91 Å². The fraction of sp³-hybridized carbons (Fsp3) is 0.636. The predicted molar refractivity (Wildman–Crippen MR) is 112 cm³/mol. The highest BCUT2D eigenvalue weighted by Gasteiger charge is 2.51. The Morgan fingerprint density at radius 3 is 2.17 bits per heavy atom. The number of nitrogens with one attached hydrogen (secondary N) is 1. The first kappa shape index (κ1) is 21.8. The molecule has 3 rings (SSSR count). The van der Waals surface area contributed by atoms with E-state index in [0.29, 0.717) is 12.3 Å². The van der Waals surface area contributed by atoms with Gasteiger partial charge in [0.05, 0.1) is 11.2 Å². The molecule has 0 aromatic heterocycles. The summed E-state index contributed by atoms with van der Waals surface area (Å²) < 4.78 is 12.1. The maximum atomic E-state index is 12.2. The number of carboxylic acid groups (broad SMARTS) is 1. The van der Waals surface area contributed by atoms with Crippen molar-refractivity contribution < 1.29 is 24.0 Å². The van der Waals surface area contributed by atoms with E-state index >= 15 is 0 Å². The topological polar surface area (TPSA) is 84.9 Å². The monoisotopic (exact) mass is 401 g/mol. The van der Waals surface area contributed by atoms with E-state index in [0.717, 1.165) is 36.7 Å². The van der Waals surface area contributed by atoms with Gasteiger partial charge in [0, 0.05) is 12.8 Å². The van der Waals surface area contributed by atoms with Crippen LogP contribution in [0.5, 0.6) is 0 Å². The molecule has 0 unspecified atom stereocenters. The van der Waals surface area contributed by atoms with Crippen molar-refractivity contribution in [3.63, 3.8) is 0 Å². The second-order valence-corrected chi connectivity index (χ2v) is 9.35. The molecule has 29 heavy (non-hydrogen) atoms. The van der Waals surface area contributed by atoms with Crippen LogP contribution < -0.4 is 10.8 Å². The zero-order chi connectivity index (χ0) is 21.2. The van der Waals surface area contributed by atoms with Crippen molar-refractivity contribution in [2.45, 2.75) is 83.5 Å². The molecule has 1 atom stereocenters. The quantitative estimate of drug-likeness (QED) is 0.687. The van der Waals surface area contributed by atoms with Crippen LogP contribution in [0.2, 0.25) is 0 Å². The maximum Gasteiger partial charge on any atom is 0.494 e. The van der Waals surface area contributed by atoms with Gasteiger partial charge in [-0.05, 0) is 57.5 Å². The Balaban J connectivity index is 1.59. The first-order valence-electron chi connectivity index (χ1n) is 10.5. The van der Waals surface area contributed by atoms with Gasteiger partial charge in [0.15, 0.2) is 0 Å². The van der Waals surface area contributed by atoms with Crippen molar-refractivity contribution in [3.05, 3.63) is 29.8 Å². The molecule has 1 aromatic rings. The van der Waals surface area contributed by atoms with Crippen molar-refractivity contribution in [3.8, 4) is 0 Å². The number of hydrogen-bond acceptors (Lipinski definition) is 4. The van der Waals surface area contributed by atoms with Crippen LogP contribution in [0.1, 0.15) is 65.4 Å². The van der Waals surface area contributed by atoms with Gasteiger partial charge in [-0.3, -0.25) is 4.79 Å². The smallest absolute Gasteiger partial charge is 0.480 e. The van der Waals surface area contributed by atoms with Gasteiger partial charge in [-0.1, -0.05) is 37.1 Å². The number of carboxylic acids is 1. The molecule has 1 heterocycles. The molecule has 0 radical (unpaired) electrons. The number of amides is 1. The second kappa shape index (κ2) is 8.48. The average molecular weight is 401 g/mol. The fourth-order valence-electron chi connectivity index (χ4n) is 3.96. The summed E-state index contributed by atoms with van der Waals surface area (Å²) in [4.78, 5) is 23.9. The van der Waals surface area contributed by atoms with Crippen molar-refractivity contribution in [2.75, 3.05) is 0 Å². The standard InChI is InChI=1S/C22H32BNO5/c1-21(2)22(3,4)29-23(28-21)17-11-9-16(10-12-17)13-18(20(26)27)24-19(25)14-15-7-5-6-8-15/h9-12,15,18H,5-8,13-14H2,1-4H3,(H,24,25)(H,26,27)/t18-/m1/s1. The van der Waals surface area contributed by atoms with Crippen LogP contribution in [0, 0.1) is 5.92 Å². The number of carbonyl (C=O) groups excluding carboxylic acids is 1. The maximum absolute atomic E-state index is 12.2. The average Bonchev–Trinajstić information content (AvgIpc) is 3.20. The zero-order valence-corrected chi connectivity index (χ0v) is 17.9. The third-order valence-electron chi connectivity index (χ3n) is 6.53. The highest BCUT2D eigenvalue weighted by atomic mass is 16.7. The van der Waals surface area contributed by atoms with Crippen LogP contribution in [-0.4, -0.2) is 41.3 Å². The lowest BCUT2D eigenvalue weighted by Crippen LogP contribution is -2.42. The number of benzene rings is 1. The summed E-state index contributed by atoms with van der Waals surface area (Å²) in [5.74, 6) is -0.790. The molecule has 1 aliphatic carbocycles. The van der Waals surface area contributed by atoms with Gasteiger partial charge in [0.1, 0.15) is 6.04 Å². The summed E-state index contributed by atoms with van der Waals surface area (Å²) in [5.41, 5.74) is 0.922. The summed E-state index contributed by atoms with van der Waals surface area (Å²) in [6.07, 6.45) is 5.11. The minimum atomic E-state index is -1.01. The molecule has 2 aliphatic rings. The van der Waals surface area contributed by atoms with E-state index < -0.39 is 30.3 Å². The molecule has 0 bridgehead atoms. The highest BCUT2D eigenvalue weighted by molar-refractivity contribution is 6.62. The Morgan fingerprint density at radius 2 is 1.66 bits per heavy atom. The molecule has 2 fully saturated rings. The van der Waals surface area contributed by atoms with E-state index in [1.165, 1.54) is 0 Å². The minimum absolute atomic E-state index is 0.168. The van der Waals surface area contributed by atoms with Crippen LogP contribution >= 0.6 is 0 Å². The van der Waals surface area contributed by atoms with Crippen LogP contribution in [0.25, 0.3) is 0 Å². The molecule has 158 valence electrons. The summed E-state index contributed by atoms with van der Waals surface area (Å²) >= 11 is 0. The Kier molecular flexibility index (Phi) is 6.39. The number of aliphatic carboxylic acids is 1. The summed E-state index contributed by atoms with van der Waals surface area (Å²) in [6.45, 7) is 8.03. The van der Waals surface area contributed by atoms with E-state index in [9.17, 15) is 14.7 Å². The van der Waals surface area contributed by atoms with E-state index in [1.54, 1.807) is 0 Å². The molecular formula is C22H32BNO5. The Bertz CT molecular complexity index is 724. The highest BCUT2D eigenvalue weighted by Crippen LogP contribution is 2.36. The van der Waals surface area contributed by atoms with Gasteiger partial charge in [-0.25, -0.2) is 4.79 Å². The predicted octanol–water partition coefficient (Wildman–Crippen LogP) is 2.68. The molecule has 1 amide bonds. The van der Waals surface area contributed by atoms with E-state index in [1.807, 2.05) is 52.0 Å². The molecule has 2 N–H and O–H groups in total. The minimum Gasteiger partial charge on any atom is -0.480 e. The molecule has 6 nitrogen and oxygen atoms in total. The van der Waals surface area contributed by atoms with Gasteiger partial charge >= 0.3 is 13.1 Å². The lowest BCUT2D eigenvalue weighted by Gasteiger charge is -2.32. The van der Waals surface area contributed by atoms with Crippen LogP contribution in [-0.2, 0) is 25.3 Å². The lowest BCUT2D eigenvalue weighted by molar-refractivity contribution is -0.141. The van der Waals surface area contributed by atoms with Crippen molar-refractivity contribution in [2.24, 2.45) is 5.92 Å². The molecule has 1 aliphatic heterocycles. The van der Waals surface area contributed by atoms with Crippen molar-refractivity contribution in [1.29, 1.82) is 0 Å². The zero-order valence-electron chi connectivity index (χ0n) is 17.9. The Morgan fingerprint density at radius 1 is 1.10 bits per heavy atom. The lowest BCUT2D eigenvalue weighted by atomic mass is 9.78. The van der Waals surface area contributed by atoms with Gasteiger partial charge in [0.25, 0.3) is 0 Å². The first-order valence-corrected chi connectivity index (χ1v) is 10.5. The number of hydrogen-bond donors (Lipinski definition) is 2. The SMILES string of the molecule is CC1(C)OB(c2ccc(C[C@@H](NC(=O)CC3CCCC3)C(=O)O)cc2)OC1(C)C. The van der Waals surface area contributed by atoms with Crippen molar-refractivity contribution in [1.82, 2.24) is 5.32 Å². The third kappa shape index (κ3) is 5.20. The molecule has 1 saturated heterocycles.